The number of nitrogens with one attached hydrogen (secondary N) is 1. The molecular formula is C17H15BrN2O. The molecule has 3 aromatic rings. The molecule has 21 heavy (non-hydrogen) atoms. The van der Waals surface area contributed by atoms with Crippen molar-refractivity contribution in [2.45, 2.75) is 6.10 Å². The second kappa shape index (κ2) is 6.24. The van der Waals surface area contributed by atoms with Gasteiger partial charge in [0.25, 0.3) is 0 Å². The predicted octanol–water partition coefficient (Wildman–Crippen LogP) is 4.14. The highest BCUT2D eigenvalue weighted by Crippen LogP contribution is 2.21. The Hall–Kier alpha value is -1.91. The second-order valence-electron chi connectivity index (χ2n) is 4.90. The summed E-state index contributed by atoms with van der Waals surface area (Å²) in [6.07, 6.45) is 2.90. The van der Waals surface area contributed by atoms with Crippen molar-refractivity contribution in [2.75, 3.05) is 11.9 Å². The van der Waals surface area contributed by atoms with Gasteiger partial charge in [0.2, 0.25) is 0 Å². The van der Waals surface area contributed by atoms with Crippen molar-refractivity contribution in [3.63, 3.8) is 0 Å². The molecular weight excluding hydrogens is 328 g/mol. The van der Waals surface area contributed by atoms with Gasteiger partial charge in [0.15, 0.2) is 0 Å². The molecule has 3 rings (SSSR count). The van der Waals surface area contributed by atoms with Crippen LogP contribution in [0.1, 0.15) is 11.7 Å². The van der Waals surface area contributed by atoms with Crippen LogP contribution in [0.5, 0.6) is 0 Å². The topological polar surface area (TPSA) is 45.1 Å². The summed E-state index contributed by atoms with van der Waals surface area (Å²) in [6, 6.07) is 16.1. The van der Waals surface area contributed by atoms with Gasteiger partial charge in [-0.1, -0.05) is 36.4 Å². The molecule has 2 N–H and O–H groups in total. The number of nitrogens with zero attached hydrogens (tertiary/aromatic N) is 1. The van der Waals surface area contributed by atoms with E-state index in [1.807, 2.05) is 36.4 Å². The molecule has 0 aliphatic rings. The highest BCUT2D eigenvalue weighted by molar-refractivity contribution is 9.10. The zero-order valence-corrected chi connectivity index (χ0v) is 12.9. The Morgan fingerprint density at radius 2 is 1.86 bits per heavy atom. The van der Waals surface area contributed by atoms with E-state index in [1.54, 1.807) is 12.4 Å². The lowest BCUT2D eigenvalue weighted by molar-refractivity contribution is 0.192. The van der Waals surface area contributed by atoms with Gasteiger partial charge >= 0.3 is 0 Å². The lowest BCUT2D eigenvalue weighted by Crippen LogP contribution is -2.12. The molecule has 0 bridgehead atoms. The van der Waals surface area contributed by atoms with Gasteiger partial charge in [-0.2, -0.15) is 0 Å². The molecule has 106 valence electrons. The highest BCUT2D eigenvalue weighted by atomic mass is 79.9. The van der Waals surface area contributed by atoms with Gasteiger partial charge in [-0.15, -0.1) is 0 Å². The van der Waals surface area contributed by atoms with Crippen LogP contribution in [0.3, 0.4) is 0 Å². The fourth-order valence-corrected chi connectivity index (χ4v) is 2.62. The number of hydrogen-bond acceptors (Lipinski definition) is 3. The number of pyridine rings is 1. The number of anilines is 1. The first-order valence-electron chi connectivity index (χ1n) is 6.73. The quantitative estimate of drug-likeness (QED) is 0.748. The van der Waals surface area contributed by atoms with E-state index in [0.717, 1.165) is 21.1 Å². The highest BCUT2D eigenvalue weighted by Gasteiger charge is 2.08. The minimum atomic E-state index is -0.561. The number of benzene rings is 2. The Morgan fingerprint density at radius 1 is 1.05 bits per heavy atom. The normalized spacial score (nSPS) is 12.3. The lowest BCUT2D eigenvalue weighted by atomic mass is 10.0. The van der Waals surface area contributed by atoms with Crippen LogP contribution in [0.15, 0.2) is 65.4 Å². The van der Waals surface area contributed by atoms with Crippen molar-refractivity contribution in [3.8, 4) is 0 Å². The van der Waals surface area contributed by atoms with Crippen molar-refractivity contribution in [2.24, 2.45) is 0 Å². The van der Waals surface area contributed by atoms with Gasteiger partial charge in [-0.05, 0) is 44.4 Å². The third-order valence-corrected chi connectivity index (χ3v) is 3.80. The third kappa shape index (κ3) is 3.40. The van der Waals surface area contributed by atoms with E-state index >= 15 is 0 Å². The van der Waals surface area contributed by atoms with E-state index in [4.69, 9.17) is 0 Å². The van der Waals surface area contributed by atoms with Crippen LogP contribution in [-0.2, 0) is 0 Å². The number of aliphatic hydroxyl groups excluding tert-OH is 1. The first-order chi connectivity index (χ1) is 10.2. The molecule has 0 saturated carbocycles. The maximum atomic E-state index is 10.3. The molecule has 4 heteroatoms. The van der Waals surface area contributed by atoms with Gasteiger partial charge in [-0.25, -0.2) is 0 Å². The zero-order chi connectivity index (χ0) is 14.7. The number of rotatable bonds is 4. The molecule has 0 saturated heterocycles. The smallest absolute Gasteiger partial charge is 0.0962 e. The Morgan fingerprint density at radius 3 is 2.67 bits per heavy atom. The van der Waals surface area contributed by atoms with E-state index in [2.05, 4.69) is 38.4 Å². The minimum absolute atomic E-state index is 0.441. The van der Waals surface area contributed by atoms with E-state index in [9.17, 15) is 5.11 Å². The van der Waals surface area contributed by atoms with Crippen molar-refractivity contribution in [3.05, 3.63) is 71.0 Å². The molecule has 1 aromatic heterocycles. The molecule has 1 heterocycles. The summed E-state index contributed by atoms with van der Waals surface area (Å²) in [6.45, 7) is 0.441. The summed E-state index contributed by atoms with van der Waals surface area (Å²) < 4.78 is 0.910. The van der Waals surface area contributed by atoms with Crippen molar-refractivity contribution in [1.82, 2.24) is 4.98 Å². The minimum Gasteiger partial charge on any atom is -0.387 e. The summed E-state index contributed by atoms with van der Waals surface area (Å²) in [5.41, 5.74) is 1.79. The van der Waals surface area contributed by atoms with Gasteiger partial charge < -0.3 is 10.4 Å². The predicted molar refractivity (Wildman–Crippen MR) is 89.3 cm³/mol. The molecule has 2 aromatic carbocycles. The Kier molecular flexibility index (Phi) is 4.18. The standard InChI is InChI=1S/C17H15BrN2O/c18-15-8-16(10-19-9-15)20-11-17(21)14-6-5-12-3-1-2-4-13(12)7-14/h1-10,17,20-21H,11H2. The molecule has 0 amide bonds. The molecule has 0 aliphatic carbocycles. The number of aliphatic hydroxyl groups is 1. The van der Waals surface area contributed by atoms with E-state index < -0.39 is 6.10 Å². The molecule has 1 atom stereocenters. The Labute approximate surface area is 131 Å². The molecule has 0 aliphatic heterocycles. The van der Waals surface area contributed by atoms with Crippen LogP contribution in [0.2, 0.25) is 0 Å². The fraction of sp³-hybridized carbons (Fsp3) is 0.118. The molecule has 3 nitrogen and oxygen atoms in total. The maximum Gasteiger partial charge on any atom is 0.0962 e. The lowest BCUT2D eigenvalue weighted by Gasteiger charge is -2.14. The van der Waals surface area contributed by atoms with Gasteiger partial charge in [0, 0.05) is 17.2 Å². The summed E-state index contributed by atoms with van der Waals surface area (Å²) in [5.74, 6) is 0. The summed E-state index contributed by atoms with van der Waals surface area (Å²) in [4.78, 5) is 4.08. The van der Waals surface area contributed by atoms with Crippen molar-refractivity contribution >= 4 is 32.4 Å². The van der Waals surface area contributed by atoms with Crippen LogP contribution >= 0.6 is 15.9 Å². The number of hydrogen-bond donors (Lipinski definition) is 2. The largest absolute Gasteiger partial charge is 0.387 e. The van der Waals surface area contributed by atoms with Gasteiger partial charge in [0.05, 0.1) is 18.0 Å². The van der Waals surface area contributed by atoms with Crippen LogP contribution in [0.25, 0.3) is 10.8 Å². The molecule has 0 radical (unpaired) electrons. The zero-order valence-electron chi connectivity index (χ0n) is 11.3. The number of aromatic nitrogens is 1. The van der Waals surface area contributed by atoms with Crippen LogP contribution in [0, 0.1) is 0 Å². The Balaban J connectivity index is 1.73. The third-order valence-electron chi connectivity index (χ3n) is 3.36. The first-order valence-corrected chi connectivity index (χ1v) is 7.53. The molecule has 0 spiro atoms. The fourth-order valence-electron chi connectivity index (χ4n) is 2.26. The van der Waals surface area contributed by atoms with E-state index in [0.29, 0.717) is 6.54 Å². The van der Waals surface area contributed by atoms with Crippen LogP contribution in [0.4, 0.5) is 5.69 Å². The monoisotopic (exact) mass is 342 g/mol. The second-order valence-corrected chi connectivity index (χ2v) is 5.81. The average Bonchev–Trinajstić information content (AvgIpc) is 2.52. The molecule has 1 unspecified atom stereocenters. The molecule has 0 fully saturated rings. The van der Waals surface area contributed by atoms with Crippen molar-refractivity contribution in [1.29, 1.82) is 0 Å². The first kappa shape index (κ1) is 14.0. The number of fused-ring (bicyclic) bond motifs is 1. The summed E-state index contributed by atoms with van der Waals surface area (Å²) in [7, 11) is 0. The Bertz CT molecular complexity index is 760. The van der Waals surface area contributed by atoms with Crippen LogP contribution in [-0.4, -0.2) is 16.6 Å². The van der Waals surface area contributed by atoms with Gasteiger partial charge in [0.1, 0.15) is 0 Å². The SMILES string of the molecule is OC(CNc1cncc(Br)c1)c1ccc2ccccc2c1. The summed E-state index contributed by atoms with van der Waals surface area (Å²) in [5, 5.41) is 15.8. The maximum absolute atomic E-state index is 10.3. The average molecular weight is 343 g/mol. The van der Waals surface area contributed by atoms with E-state index in [-0.39, 0.29) is 0 Å². The van der Waals surface area contributed by atoms with E-state index in [1.165, 1.54) is 5.39 Å². The van der Waals surface area contributed by atoms with Crippen LogP contribution < -0.4 is 5.32 Å². The summed E-state index contributed by atoms with van der Waals surface area (Å²) >= 11 is 3.38. The van der Waals surface area contributed by atoms with Gasteiger partial charge in [-0.3, -0.25) is 4.98 Å². The van der Waals surface area contributed by atoms with Crippen molar-refractivity contribution < 1.29 is 5.11 Å². The number of halogens is 1.